The number of fused-ring (bicyclic) bond motifs is 3. The number of piperidine rings is 1. The van der Waals surface area contributed by atoms with E-state index in [1.807, 2.05) is 6.07 Å². The zero-order valence-electron chi connectivity index (χ0n) is 12.3. The van der Waals surface area contributed by atoms with E-state index in [0.29, 0.717) is 29.0 Å². The predicted octanol–water partition coefficient (Wildman–Crippen LogP) is 1.68. The minimum Gasteiger partial charge on any atom is -0.448 e. The summed E-state index contributed by atoms with van der Waals surface area (Å²) < 4.78 is 5.61. The van der Waals surface area contributed by atoms with Crippen LogP contribution >= 0.6 is 0 Å². The summed E-state index contributed by atoms with van der Waals surface area (Å²) in [5.74, 6) is 6.82. The number of aromatic nitrogens is 1. The predicted molar refractivity (Wildman–Crippen MR) is 82.3 cm³/mol. The third-order valence-corrected chi connectivity index (χ3v) is 4.53. The Bertz CT molecular complexity index is 799. The molecule has 2 bridgehead atoms. The molecule has 0 aromatic carbocycles. The van der Waals surface area contributed by atoms with E-state index in [1.165, 1.54) is 0 Å². The van der Waals surface area contributed by atoms with Crippen molar-refractivity contribution in [3.05, 3.63) is 29.8 Å². The van der Waals surface area contributed by atoms with Gasteiger partial charge in [-0.3, -0.25) is 9.78 Å². The number of furan rings is 1. The van der Waals surface area contributed by atoms with Crippen molar-refractivity contribution < 1.29 is 9.21 Å². The van der Waals surface area contributed by atoms with Crippen LogP contribution in [0.25, 0.3) is 11.0 Å². The third kappa shape index (κ3) is 2.26. The van der Waals surface area contributed by atoms with Crippen LogP contribution in [0, 0.1) is 17.8 Å². The summed E-state index contributed by atoms with van der Waals surface area (Å²) >= 11 is 0. The summed E-state index contributed by atoms with van der Waals surface area (Å²) in [6.07, 6.45) is 3.88. The van der Waals surface area contributed by atoms with Crippen molar-refractivity contribution in [1.29, 1.82) is 0 Å². The van der Waals surface area contributed by atoms with Crippen LogP contribution in [0.5, 0.6) is 0 Å². The van der Waals surface area contributed by atoms with Crippen LogP contribution in [-0.2, 0) is 0 Å². The van der Waals surface area contributed by atoms with Gasteiger partial charge in [-0.1, -0.05) is 5.92 Å². The molecule has 3 atom stereocenters. The first-order chi connectivity index (χ1) is 10.7. The number of nitrogens with one attached hydrogen (secondary N) is 2. The van der Waals surface area contributed by atoms with E-state index in [1.54, 1.807) is 19.2 Å². The van der Waals surface area contributed by atoms with Crippen molar-refractivity contribution >= 4 is 16.9 Å². The molecule has 1 aliphatic heterocycles. The van der Waals surface area contributed by atoms with Gasteiger partial charge in [0.05, 0.1) is 0 Å². The van der Waals surface area contributed by atoms with Crippen LogP contribution in [0.3, 0.4) is 0 Å². The number of amides is 1. The van der Waals surface area contributed by atoms with E-state index >= 15 is 0 Å². The number of rotatable bonds is 2. The van der Waals surface area contributed by atoms with Gasteiger partial charge in [-0.25, -0.2) is 0 Å². The minimum absolute atomic E-state index is 0.138. The lowest BCUT2D eigenvalue weighted by atomic mass is 10.1. The van der Waals surface area contributed by atoms with Crippen molar-refractivity contribution in [2.45, 2.75) is 31.8 Å². The number of carbonyl (C=O) groups is 1. The standard InChI is InChI=1S/C17H17N3O2/c1-2-3-12-6-11-9-19-15(7-16(11)22-12)17(21)20-14-5-10-4-13(14)18-8-10/h6-7,9-10,13-14,18H,4-5,8H2,1H3,(H,20,21). The first kappa shape index (κ1) is 13.4. The normalized spacial score (nSPS) is 26.0. The van der Waals surface area contributed by atoms with Gasteiger partial charge in [0.15, 0.2) is 5.76 Å². The molecule has 2 N–H and O–H groups in total. The van der Waals surface area contributed by atoms with Gasteiger partial charge in [-0.2, -0.15) is 0 Å². The van der Waals surface area contributed by atoms with Gasteiger partial charge in [0.2, 0.25) is 0 Å². The van der Waals surface area contributed by atoms with E-state index in [-0.39, 0.29) is 11.9 Å². The van der Waals surface area contributed by atoms with Crippen molar-refractivity contribution in [3.8, 4) is 11.8 Å². The molecular weight excluding hydrogens is 278 g/mol. The highest BCUT2D eigenvalue weighted by Gasteiger charge is 2.40. The Morgan fingerprint density at radius 2 is 2.36 bits per heavy atom. The lowest BCUT2D eigenvalue weighted by Crippen LogP contribution is -2.48. The lowest BCUT2D eigenvalue weighted by molar-refractivity contribution is 0.0923. The highest BCUT2D eigenvalue weighted by atomic mass is 16.3. The Balaban J connectivity index is 1.54. The number of hydrogen-bond acceptors (Lipinski definition) is 4. The maximum absolute atomic E-state index is 12.4. The molecule has 5 nitrogen and oxygen atoms in total. The van der Waals surface area contributed by atoms with Crippen LogP contribution in [0.1, 0.15) is 36.0 Å². The third-order valence-electron chi connectivity index (χ3n) is 4.53. The second-order valence-corrected chi connectivity index (χ2v) is 6.03. The molecule has 1 saturated heterocycles. The summed E-state index contributed by atoms with van der Waals surface area (Å²) in [6.45, 7) is 2.84. The molecule has 3 unspecified atom stereocenters. The second kappa shape index (κ2) is 5.15. The van der Waals surface area contributed by atoms with Crippen LogP contribution in [0.15, 0.2) is 22.7 Å². The van der Waals surface area contributed by atoms with Crippen molar-refractivity contribution in [2.24, 2.45) is 5.92 Å². The lowest BCUT2D eigenvalue weighted by Gasteiger charge is -2.23. The molecule has 2 aromatic rings. The van der Waals surface area contributed by atoms with Gasteiger partial charge < -0.3 is 15.1 Å². The zero-order chi connectivity index (χ0) is 15.1. The van der Waals surface area contributed by atoms with Crippen molar-refractivity contribution in [3.63, 3.8) is 0 Å². The monoisotopic (exact) mass is 295 g/mol. The molecule has 2 fully saturated rings. The summed E-state index contributed by atoms with van der Waals surface area (Å²) in [6, 6.07) is 4.14. The number of hydrogen-bond donors (Lipinski definition) is 2. The summed E-state index contributed by atoms with van der Waals surface area (Å²) in [5.41, 5.74) is 1.03. The van der Waals surface area contributed by atoms with E-state index in [2.05, 4.69) is 27.5 Å². The molecule has 4 rings (SSSR count). The van der Waals surface area contributed by atoms with Crippen LogP contribution in [-0.4, -0.2) is 29.5 Å². The Morgan fingerprint density at radius 1 is 1.45 bits per heavy atom. The number of pyridine rings is 1. The fourth-order valence-corrected chi connectivity index (χ4v) is 3.50. The average molecular weight is 295 g/mol. The fraction of sp³-hybridized carbons (Fsp3) is 0.412. The maximum Gasteiger partial charge on any atom is 0.270 e. The Morgan fingerprint density at radius 3 is 3.09 bits per heavy atom. The Labute approximate surface area is 128 Å². The topological polar surface area (TPSA) is 67.2 Å². The first-order valence-corrected chi connectivity index (χ1v) is 7.59. The summed E-state index contributed by atoms with van der Waals surface area (Å²) in [7, 11) is 0. The zero-order valence-corrected chi connectivity index (χ0v) is 12.3. The highest BCUT2D eigenvalue weighted by molar-refractivity contribution is 5.95. The molecule has 0 spiro atoms. The fourth-order valence-electron chi connectivity index (χ4n) is 3.50. The molecule has 5 heteroatoms. The highest BCUT2D eigenvalue weighted by Crippen LogP contribution is 2.31. The molecule has 2 aliphatic rings. The van der Waals surface area contributed by atoms with Crippen LogP contribution in [0.2, 0.25) is 0 Å². The molecular formula is C17H17N3O2. The van der Waals surface area contributed by atoms with Gasteiger partial charge in [0.1, 0.15) is 11.3 Å². The van der Waals surface area contributed by atoms with Crippen LogP contribution in [0.4, 0.5) is 0 Å². The van der Waals surface area contributed by atoms with E-state index in [0.717, 1.165) is 24.8 Å². The van der Waals surface area contributed by atoms with E-state index < -0.39 is 0 Å². The summed E-state index contributed by atoms with van der Waals surface area (Å²) in [5, 5.41) is 7.39. The van der Waals surface area contributed by atoms with Crippen molar-refractivity contribution in [1.82, 2.24) is 15.6 Å². The molecule has 112 valence electrons. The van der Waals surface area contributed by atoms with Gasteiger partial charge in [0, 0.05) is 35.8 Å². The van der Waals surface area contributed by atoms with Gasteiger partial charge in [-0.05, 0) is 38.1 Å². The summed E-state index contributed by atoms with van der Waals surface area (Å²) in [4.78, 5) is 16.6. The molecule has 1 amide bonds. The van der Waals surface area contributed by atoms with Gasteiger partial charge in [-0.15, -0.1) is 0 Å². The van der Waals surface area contributed by atoms with E-state index in [9.17, 15) is 4.79 Å². The Hall–Kier alpha value is -2.32. The number of nitrogens with zero attached hydrogens (tertiary/aromatic N) is 1. The first-order valence-electron chi connectivity index (χ1n) is 7.59. The molecule has 2 aromatic heterocycles. The second-order valence-electron chi connectivity index (χ2n) is 6.03. The smallest absolute Gasteiger partial charge is 0.270 e. The Kier molecular flexibility index (Phi) is 3.12. The number of carbonyl (C=O) groups excluding carboxylic acids is 1. The van der Waals surface area contributed by atoms with Gasteiger partial charge in [0.25, 0.3) is 5.91 Å². The SMILES string of the molecule is CC#Cc1cc2cnc(C(=O)NC3CC4CNC3C4)cc2o1. The maximum atomic E-state index is 12.4. The van der Waals surface area contributed by atoms with Crippen LogP contribution < -0.4 is 10.6 Å². The van der Waals surface area contributed by atoms with E-state index in [4.69, 9.17) is 4.42 Å². The van der Waals surface area contributed by atoms with Gasteiger partial charge >= 0.3 is 0 Å². The van der Waals surface area contributed by atoms with Crippen molar-refractivity contribution in [2.75, 3.05) is 6.54 Å². The molecule has 22 heavy (non-hydrogen) atoms. The molecule has 1 aliphatic carbocycles. The molecule has 0 radical (unpaired) electrons. The molecule has 1 saturated carbocycles. The quantitative estimate of drug-likeness (QED) is 0.827. The minimum atomic E-state index is -0.138. The average Bonchev–Trinajstić information content (AvgIpc) is 3.20. The largest absolute Gasteiger partial charge is 0.448 e. The molecule has 3 heterocycles.